The van der Waals surface area contributed by atoms with Gasteiger partial charge in [-0.15, -0.1) is 0 Å². The highest BCUT2D eigenvalue weighted by atomic mass is 16.3. The van der Waals surface area contributed by atoms with Gasteiger partial charge in [0.15, 0.2) is 0 Å². The van der Waals surface area contributed by atoms with Crippen LogP contribution in [-0.4, -0.2) is 10.4 Å². The first-order valence-corrected chi connectivity index (χ1v) is 15.4. The van der Waals surface area contributed by atoms with Crippen molar-refractivity contribution in [3.05, 3.63) is 155 Å². The fraction of sp³-hybridized carbons (Fsp3) is 0.0244. The molecular formula is C41H22N6O. The van der Waals surface area contributed by atoms with Crippen LogP contribution in [0.2, 0.25) is 0 Å². The van der Waals surface area contributed by atoms with Crippen LogP contribution < -0.4 is 5.32 Å². The summed E-state index contributed by atoms with van der Waals surface area (Å²) in [6, 6.07) is 45.5. The van der Waals surface area contributed by atoms with Crippen LogP contribution in [0, 0.1) is 34.0 Å². The Morgan fingerprint density at radius 2 is 1.42 bits per heavy atom. The molecule has 0 saturated carbocycles. The van der Waals surface area contributed by atoms with Crippen LogP contribution in [0.15, 0.2) is 131 Å². The van der Waals surface area contributed by atoms with Crippen molar-refractivity contribution in [2.75, 3.05) is 5.32 Å². The number of anilines is 1. The molecule has 1 aliphatic rings. The van der Waals surface area contributed by atoms with Gasteiger partial charge in [-0.2, -0.15) is 15.8 Å². The number of nitrogens with one attached hydrogen (secondary N) is 1. The van der Waals surface area contributed by atoms with Crippen molar-refractivity contribution < 1.29 is 4.42 Å². The Balaban J connectivity index is 1.27. The molecule has 48 heavy (non-hydrogen) atoms. The number of para-hydroxylation sites is 2. The Labute approximate surface area is 274 Å². The van der Waals surface area contributed by atoms with Gasteiger partial charge in [-0.05, 0) is 54.1 Å². The highest BCUT2D eigenvalue weighted by Crippen LogP contribution is 2.43. The number of furan rings is 1. The van der Waals surface area contributed by atoms with Crippen LogP contribution in [0.5, 0.6) is 0 Å². The highest BCUT2D eigenvalue weighted by Gasteiger charge is 2.29. The van der Waals surface area contributed by atoms with Gasteiger partial charge < -0.3 is 14.3 Å². The standard InChI is InChI=1S/C41H22N6O/c42-21-24-18-27(23-44)38-33(19-24)39(46-41(45-38)25-8-2-1-3-9-25)29-15-14-28(20-26(29)22-43)47-34-12-6-4-11-32(34)37-35(47)17-16-31-30-10-5-7-13-36(30)48-40(31)37/h1-20,39H,(H,45,46). The van der Waals surface area contributed by atoms with Crippen LogP contribution in [0.4, 0.5) is 5.69 Å². The zero-order valence-electron chi connectivity index (χ0n) is 25.3. The summed E-state index contributed by atoms with van der Waals surface area (Å²) in [4.78, 5) is 5.09. The Hall–Kier alpha value is -7.14. The van der Waals surface area contributed by atoms with E-state index in [0.29, 0.717) is 39.3 Å². The van der Waals surface area contributed by atoms with E-state index in [0.717, 1.165) is 55.0 Å². The first-order valence-electron chi connectivity index (χ1n) is 15.4. The molecule has 222 valence electrons. The summed E-state index contributed by atoms with van der Waals surface area (Å²) in [6.07, 6.45) is 0. The number of rotatable bonds is 3. The number of amidine groups is 1. The summed E-state index contributed by atoms with van der Waals surface area (Å²) in [6.45, 7) is 0. The number of aromatic nitrogens is 1. The Morgan fingerprint density at radius 1 is 0.646 bits per heavy atom. The Morgan fingerprint density at radius 3 is 2.23 bits per heavy atom. The number of fused-ring (bicyclic) bond motifs is 8. The van der Waals surface area contributed by atoms with Crippen molar-refractivity contribution in [2.24, 2.45) is 4.99 Å². The van der Waals surface area contributed by atoms with Gasteiger partial charge >= 0.3 is 0 Å². The number of hydrogen-bond donors (Lipinski definition) is 1. The van der Waals surface area contributed by atoms with E-state index in [4.69, 9.17) is 9.41 Å². The second-order valence-corrected chi connectivity index (χ2v) is 11.8. The van der Waals surface area contributed by atoms with Crippen LogP contribution >= 0.6 is 0 Å². The predicted octanol–water partition coefficient (Wildman–Crippen LogP) is 9.26. The van der Waals surface area contributed by atoms with Crippen LogP contribution in [0.3, 0.4) is 0 Å². The average molecular weight is 615 g/mol. The maximum atomic E-state index is 10.6. The topological polar surface area (TPSA) is 114 Å². The van der Waals surface area contributed by atoms with E-state index in [1.807, 2.05) is 78.9 Å². The zero-order valence-corrected chi connectivity index (χ0v) is 25.3. The number of nitriles is 3. The van der Waals surface area contributed by atoms with Crippen molar-refractivity contribution in [2.45, 2.75) is 6.04 Å². The summed E-state index contributed by atoms with van der Waals surface area (Å²) in [5.41, 5.74) is 8.36. The van der Waals surface area contributed by atoms with Gasteiger partial charge in [0.2, 0.25) is 0 Å². The molecule has 7 nitrogen and oxygen atoms in total. The molecule has 2 aromatic heterocycles. The molecule has 0 saturated heterocycles. The van der Waals surface area contributed by atoms with E-state index in [9.17, 15) is 15.8 Å². The minimum absolute atomic E-state index is 0.342. The monoisotopic (exact) mass is 614 g/mol. The molecule has 3 heterocycles. The fourth-order valence-corrected chi connectivity index (χ4v) is 7.03. The SMILES string of the molecule is N#Cc1cc(C#N)c2c(c1)C(c1ccc(-n3c4ccccc4c4c5oc6ccccc6c5ccc43)cc1C#N)N=C(c1ccccc1)N2. The van der Waals surface area contributed by atoms with E-state index < -0.39 is 6.04 Å². The zero-order chi connectivity index (χ0) is 32.4. The van der Waals surface area contributed by atoms with E-state index in [1.165, 1.54) is 0 Å². The molecule has 8 aromatic rings. The quantitative estimate of drug-likeness (QED) is 0.213. The van der Waals surface area contributed by atoms with Gasteiger partial charge in [0.05, 0.1) is 50.9 Å². The molecule has 0 spiro atoms. The molecule has 9 rings (SSSR count). The normalized spacial score (nSPS) is 13.9. The first-order chi connectivity index (χ1) is 23.7. The van der Waals surface area contributed by atoms with Crippen LogP contribution in [-0.2, 0) is 0 Å². The Bertz CT molecular complexity index is 2800. The number of hydrogen-bond acceptors (Lipinski definition) is 6. The molecule has 7 heteroatoms. The van der Waals surface area contributed by atoms with Gasteiger partial charge in [0.1, 0.15) is 29.1 Å². The first kappa shape index (κ1) is 27.2. The average Bonchev–Trinajstić information content (AvgIpc) is 3.70. The third-order valence-corrected chi connectivity index (χ3v) is 9.15. The van der Waals surface area contributed by atoms with E-state index in [-0.39, 0.29) is 0 Å². The fourth-order valence-electron chi connectivity index (χ4n) is 7.03. The number of benzene rings is 6. The summed E-state index contributed by atoms with van der Waals surface area (Å²) in [7, 11) is 0. The van der Waals surface area contributed by atoms with Gasteiger partial charge in [-0.25, -0.2) is 0 Å². The summed E-state index contributed by atoms with van der Waals surface area (Å²) < 4.78 is 8.62. The maximum Gasteiger partial charge on any atom is 0.145 e. The molecular weight excluding hydrogens is 592 g/mol. The molecule has 1 unspecified atom stereocenters. The van der Waals surface area contributed by atoms with Crippen molar-refractivity contribution in [3.63, 3.8) is 0 Å². The number of nitrogens with zero attached hydrogens (tertiary/aromatic N) is 5. The van der Waals surface area contributed by atoms with Crippen molar-refractivity contribution in [3.8, 4) is 23.9 Å². The molecule has 0 radical (unpaired) electrons. The summed E-state index contributed by atoms with van der Waals surface area (Å²) in [5, 5.41) is 38.0. The predicted molar refractivity (Wildman–Crippen MR) is 187 cm³/mol. The van der Waals surface area contributed by atoms with Crippen molar-refractivity contribution >= 4 is 55.3 Å². The Kier molecular flexibility index (Phi) is 5.93. The molecule has 1 aliphatic heterocycles. The van der Waals surface area contributed by atoms with Crippen LogP contribution in [0.25, 0.3) is 49.4 Å². The van der Waals surface area contributed by atoms with E-state index in [1.54, 1.807) is 12.1 Å². The van der Waals surface area contributed by atoms with Crippen molar-refractivity contribution in [1.82, 2.24) is 4.57 Å². The molecule has 0 amide bonds. The van der Waals surface area contributed by atoms with Crippen LogP contribution in [0.1, 0.15) is 39.4 Å². The molecule has 6 aromatic carbocycles. The lowest BCUT2D eigenvalue weighted by atomic mass is 9.89. The third-order valence-electron chi connectivity index (χ3n) is 9.15. The second kappa shape index (κ2) is 10.5. The smallest absolute Gasteiger partial charge is 0.145 e. The lowest BCUT2D eigenvalue weighted by molar-refractivity contribution is 0.673. The summed E-state index contributed by atoms with van der Waals surface area (Å²) in [5.74, 6) is 0.583. The lowest BCUT2D eigenvalue weighted by Crippen LogP contribution is -2.23. The lowest BCUT2D eigenvalue weighted by Gasteiger charge is -2.27. The van der Waals surface area contributed by atoms with Crippen molar-refractivity contribution in [1.29, 1.82) is 15.8 Å². The minimum Gasteiger partial charge on any atom is -0.455 e. The highest BCUT2D eigenvalue weighted by molar-refractivity contribution is 6.23. The molecule has 0 aliphatic carbocycles. The largest absolute Gasteiger partial charge is 0.455 e. The molecule has 1 atom stereocenters. The van der Waals surface area contributed by atoms with Gasteiger partial charge in [-0.3, -0.25) is 4.99 Å². The summed E-state index contributed by atoms with van der Waals surface area (Å²) >= 11 is 0. The maximum absolute atomic E-state index is 10.6. The minimum atomic E-state index is -0.631. The number of aliphatic imine (C=N–C) groups is 1. The molecule has 0 fully saturated rings. The van der Waals surface area contributed by atoms with E-state index >= 15 is 0 Å². The second-order valence-electron chi connectivity index (χ2n) is 11.8. The van der Waals surface area contributed by atoms with Gasteiger partial charge in [0.25, 0.3) is 0 Å². The van der Waals surface area contributed by atoms with Gasteiger partial charge in [0, 0.05) is 33.0 Å². The molecule has 1 N–H and O–H groups in total. The third kappa shape index (κ3) is 3.94. The molecule has 0 bridgehead atoms. The van der Waals surface area contributed by atoms with E-state index in [2.05, 4.69) is 58.4 Å². The van der Waals surface area contributed by atoms with Gasteiger partial charge in [-0.1, -0.05) is 72.8 Å².